The van der Waals surface area contributed by atoms with Gasteiger partial charge in [0, 0.05) is 12.6 Å². The summed E-state index contributed by atoms with van der Waals surface area (Å²) in [7, 11) is 0. The highest BCUT2D eigenvalue weighted by molar-refractivity contribution is 5.69. The van der Waals surface area contributed by atoms with Gasteiger partial charge in [-0.1, -0.05) is 42.2 Å². The van der Waals surface area contributed by atoms with Gasteiger partial charge >= 0.3 is 5.97 Å². The Labute approximate surface area is 115 Å². The monoisotopic (exact) mass is 261 g/mol. The summed E-state index contributed by atoms with van der Waals surface area (Å²) in [4.78, 5) is 13.2. The molecule has 0 aromatic heterocycles. The van der Waals surface area contributed by atoms with E-state index in [4.69, 9.17) is 5.11 Å². The largest absolute Gasteiger partial charge is 0.480 e. The number of nitrogens with zero attached hydrogens (tertiary/aromatic N) is 1. The van der Waals surface area contributed by atoms with Crippen molar-refractivity contribution in [1.29, 1.82) is 0 Å². The van der Waals surface area contributed by atoms with Crippen molar-refractivity contribution in [2.75, 3.05) is 6.54 Å². The third-order valence-corrected chi connectivity index (χ3v) is 3.85. The molecule has 19 heavy (non-hydrogen) atoms. The van der Waals surface area contributed by atoms with E-state index in [9.17, 15) is 4.79 Å². The zero-order chi connectivity index (χ0) is 13.8. The van der Waals surface area contributed by atoms with E-state index in [0.717, 1.165) is 19.4 Å². The van der Waals surface area contributed by atoms with E-state index in [1.54, 1.807) is 0 Å². The summed E-state index contributed by atoms with van der Waals surface area (Å²) in [5.41, 5.74) is 3.72. The quantitative estimate of drug-likeness (QED) is 0.885. The van der Waals surface area contributed by atoms with Crippen molar-refractivity contribution < 1.29 is 9.90 Å². The van der Waals surface area contributed by atoms with E-state index in [-0.39, 0.29) is 6.54 Å². The van der Waals surface area contributed by atoms with Crippen LogP contribution in [-0.2, 0) is 11.3 Å². The minimum Gasteiger partial charge on any atom is -0.480 e. The van der Waals surface area contributed by atoms with Crippen LogP contribution in [0.25, 0.3) is 0 Å². The number of aryl methyl sites for hydroxylation is 2. The van der Waals surface area contributed by atoms with Gasteiger partial charge in [-0.15, -0.1) is 0 Å². The first kappa shape index (κ1) is 14.1. The molecule has 1 aromatic carbocycles. The fraction of sp³-hybridized carbons (Fsp3) is 0.562. The summed E-state index contributed by atoms with van der Waals surface area (Å²) in [6.45, 7) is 5.08. The number of rotatable bonds is 5. The Morgan fingerprint density at radius 3 is 2.32 bits per heavy atom. The van der Waals surface area contributed by atoms with Gasteiger partial charge in [-0.25, -0.2) is 0 Å². The first-order valence-electron chi connectivity index (χ1n) is 7.07. The minimum atomic E-state index is -0.726. The Morgan fingerprint density at radius 2 is 1.79 bits per heavy atom. The van der Waals surface area contributed by atoms with Crippen molar-refractivity contribution in [3.05, 3.63) is 34.9 Å². The Balaban J connectivity index is 2.11. The van der Waals surface area contributed by atoms with Crippen LogP contribution >= 0.6 is 0 Å². The maximum atomic E-state index is 11.0. The summed E-state index contributed by atoms with van der Waals surface area (Å²) in [6.07, 6.45) is 4.73. The van der Waals surface area contributed by atoms with Crippen LogP contribution in [0.4, 0.5) is 0 Å². The van der Waals surface area contributed by atoms with Crippen LogP contribution in [0.1, 0.15) is 42.4 Å². The average molecular weight is 261 g/mol. The molecule has 0 spiro atoms. The third-order valence-electron chi connectivity index (χ3n) is 3.85. The second-order valence-corrected chi connectivity index (χ2v) is 5.73. The second-order valence-electron chi connectivity index (χ2n) is 5.73. The van der Waals surface area contributed by atoms with Gasteiger partial charge in [0.25, 0.3) is 0 Å². The van der Waals surface area contributed by atoms with Crippen molar-refractivity contribution >= 4 is 5.97 Å². The number of aliphatic carboxylic acids is 1. The normalized spacial score (nSPS) is 16.2. The topological polar surface area (TPSA) is 40.5 Å². The lowest BCUT2D eigenvalue weighted by Gasteiger charge is -2.27. The number of benzene rings is 1. The molecule has 0 bridgehead atoms. The van der Waals surface area contributed by atoms with E-state index >= 15 is 0 Å². The van der Waals surface area contributed by atoms with E-state index in [2.05, 4.69) is 36.9 Å². The smallest absolute Gasteiger partial charge is 0.317 e. The molecule has 0 atom stereocenters. The fourth-order valence-electron chi connectivity index (χ4n) is 3.15. The molecule has 2 rings (SSSR count). The Kier molecular flexibility index (Phi) is 4.59. The van der Waals surface area contributed by atoms with E-state index < -0.39 is 5.97 Å². The molecule has 0 radical (unpaired) electrons. The lowest BCUT2D eigenvalue weighted by molar-refractivity contribution is -0.139. The number of hydrogen-bond donors (Lipinski definition) is 1. The predicted octanol–water partition coefficient (Wildman–Crippen LogP) is 3.13. The van der Waals surface area contributed by atoms with Crippen LogP contribution < -0.4 is 0 Å². The zero-order valence-electron chi connectivity index (χ0n) is 11.9. The van der Waals surface area contributed by atoms with Gasteiger partial charge in [0.15, 0.2) is 0 Å². The molecule has 104 valence electrons. The standard InChI is InChI=1S/C16H23NO2/c1-12-7-13(2)9-14(8-12)10-17(11-16(18)19)15-5-3-4-6-15/h7-9,15H,3-6,10-11H2,1-2H3,(H,18,19). The maximum absolute atomic E-state index is 11.0. The highest BCUT2D eigenvalue weighted by atomic mass is 16.4. The highest BCUT2D eigenvalue weighted by Gasteiger charge is 2.24. The van der Waals surface area contributed by atoms with Crippen molar-refractivity contribution in [2.45, 2.75) is 52.1 Å². The fourth-order valence-corrected chi connectivity index (χ4v) is 3.15. The van der Waals surface area contributed by atoms with Gasteiger partial charge in [0.2, 0.25) is 0 Å². The molecule has 0 amide bonds. The molecule has 1 aliphatic carbocycles. The Morgan fingerprint density at radius 1 is 1.21 bits per heavy atom. The van der Waals surface area contributed by atoms with Crippen LogP contribution in [0, 0.1) is 13.8 Å². The van der Waals surface area contributed by atoms with Crippen LogP contribution in [0.3, 0.4) is 0 Å². The number of carbonyl (C=O) groups is 1. The molecule has 1 saturated carbocycles. The van der Waals surface area contributed by atoms with E-state index in [1.165, 1.54) is 29.5 Å². The van der Waals surface area contributed by atoms with E-state index in [0.29, 0.717) is 6.04 Å². The average Bonchev–Trinajstić information content (AvgIpc) is 2.79. The number of carboxylic acid groups (broad SMARTS) is 1. The highest BCUT2D eigenvalue weighted by Crippen LogP contribution is 2.25. The molecule has 0 aliphatic heterocycles. The number of hydrogen-bond acceptors (Lipinski definition) is 2. The first-order valence-corrected chi connectivity index (χ1v) is 7.07. The lowest BCUT2D eigenvalue weighted by atomic mass is 10.1. The zero-order valence-corrected chi connectivity index (χ0v) is 11.9. The summed E-state index contributed by atoms with van der Waals surface area (Å²) in [5, 5.41) is 9.09. The molecule has 0 unspecified atom stereocenters. The molecule has 1 fully saturated rings. The number of carboxylic acids is 1. The van der Waals surface area contributed by atoms with Gasteiger partial charge < -0.3 is 5.11 Å². The molecule has 0 saturated heterocycles. The Hall–Kier alpha value is -1.35. The first-order chi connectivity index (χ1) is 9.04. The van der Waals surface area contributed by atoms with Gasteiger partial charge in [-0.05, 0) is 32.3 Å². The molecule has 3 nitrogen and oxygen atoms in total. The van der Waals surface area contributed by atoms with Crippen LogP contribution in [0.5, 0.6) is 0 Å². The van der Waals surface area contributed by atoms with Crippen LogP contribution in [0.2, 0.25) is 0 Å². The van der Waals surface area contributed by atoms with Gasteiger partial charge in [0.1, 0.15) is 0 Å². The molecule has 1 aromatic rings. The minimum absolute atomic E-state index is 0.150. The van der Waals surface area contributed by atoms with Crippen molar-refractivity contribution in [1.82, 2.24) is 4.90 Å². The van der Waals surface area contributed by atoms with Crippen molar-refractivity contribution in [3.8, 4) is 0 Å². The molecule has 1 N–H and O–H groups in total. The predicted molar refractivity (Wildman–Crippen MR) is 76.2 cm³/mol. The third kappa shape index (κ3) is 4.06. The van der Waals surface area contributed by atoms with Gasteiger partial charge in [-0.2, -0.15) is 0 Å². The Bertz CT molecular complexity index is 430. The van der Waals surface area contributed by atoms with Gasteiger partial charge in [-0.3, -0.25) is 9.69 Å². The van der Waals surface area contributed by atoms with Gasteiger partial charge in [0.05, 0.1) is 6.54 Å². The molecular weight excluding hydrogens is 238 g/mol. The summed E-state index contributed by atoms with van der Waals surface area (Å²) in [5.74, 6) is -0.726. The molecule has 3 heteroatoms. The van der Waals surface area contributed by atoms with Crippen LogP contribution in [-0.4, -0.2) is 28.6 Å². The van der Waals surface area contributed by atoms with Crippen molar-refractivity contribution in [2.24, 2.45) is 0 Å². The summed E-state index contributed by atoms with van der Waals surface area (Å²) < 4.78 is 0. The summed E-state index contributed by atoms with van der Waals surface area (Å²) >= 11 is 0. The second kappa shape index (κ2) is 6.20. The SMILES string of the molecule is Cc1cc(C)cc(CN(CC(=O)O)C2CCCC2)c1. The van der Waals surface area contributed by atoms with Crippen LogP contribution in [0.15, 0.2) is 18.2 Å². The van der Waals surface area contributed by atoms with Crippen molar-refractivity contribution in [3.63, 3.8) is 0 Å². The molecular formula is C16H23NO2. The molecule has 1 aliphatic rings. The maximum Gasteiger partial charge on any atom is 0.317 e. The lowest BCUT2D eigenvalue weighted by Crippen LogP contribution is -2.37. The summed E-state index contributed by atoms with van der Waals surface area (Å²) in [6, 6.07) is 6.92. The van der Waals surface area contributed by atoms with E-state index in [1.807, 2.05) is 0 Å². The molecule has 0 heterocycles.